The number of hydrazine groups is 1. The number of thiophene rings is 1. The van der Waals surface area contributed by atoms with Gasteiger partial charge < -0.3 is 0 Å². The molecule has 2 heterocycles. The maximum absolute atomic E-state index is 12.2. The first-order chi connectivity index (χ1) is 9.26. The van der Waals surface area contributed by atoms with Gasteiger partial charge in [-0.1, -0.05) is 13.8 Å². The Kier molecular flexibility index (Phi) is 3.66. The fraction of sp³-hybridized carbons (Fsp3) is 0.462. The van der Waals surface area contributed by atoms with Gasteiger partial charge in [0.1, 0.15) is 0 Å². The molecule has 0 aromatic carbocycles. The van der Waals surface area contributed by atoms with Crippen molar-refractivity contribution in [1.82, 2.24) is 10.3 Å². The zero-order valence-electron chi connectivity index (χ0n) is 11.6. The first-order valence-corrected chi connectivity index (χ1v) is 7.03. The van der Waals surface area contributed by atoms with Crippen LogP contribution in [0.3, 0.4) is 0 Å². The van der Waals surface area contributed by atoms with E-state index < -0.39 is 5.41 Å². The van der Waals surface area contributed by atoms with E-state index in [9.17, 15) is 14.4 Å². The normalized spacial score (nSPS) is 17.7. The largest absolute Gasteiger partial charge is 0.289 e. The number of aryl methyl sites for hydroxylation is 1. The van der Waals surface area contributed by atoms with E-state index in [1.54, 1.807) is 19.9 Å². The van der Waals surface area contributed by atoms with Crippen molar-refractivity contribution in [3.05, 3.63) is 21.4 Å². The minimum Gasteiger partial charge on any atom is -0.289 e. The average Bonchev–Trinajstić information content (AvgIpc) is 2.82. The highest BCUT2D eigenvalue weighted by Gasteiger charge is 2.44. The van der Waals surface area contributed by atoms with Crippen LogP contribution in [0.4, 0.5) is 0 Å². The SMILES string of the molecule is Cc1sc(C(=O)NN)cc1CN1C(=O)CC(C)(C)C1=O. The third-order valence-corrected chi connectivity index (χ3v) is 4.51. The second-order valence-corrected chi connectivity index (χ2v) is 6.77. The molecule has 0 unspecified atom stereocenters. The van der Waals surface area contributed by atoms with Crippen LogP contribution in [0.25, 0.3) is 0 Å². The predicted molar refractivity (Wildman–Crippen MR) is 74.7 cm³/mol. The van der Waals surface area contributed by atoms with Crippen molar-refractivity contribution in [1.29, 1.82) is 0 Å². The third-order valence-electron chi connectivity index (χ3n) is 3.42. The lowest BCUT2D eigenvalue weighted by molar-refractivity contribution is -0.141. The molecule has 3 N–H and O–H groups in total. The molecule has 6 nitrogen and oxygen atoms in total. The summed E-state index contributed by atoms with van der Waals surface area (Å²) in [6, 6.07) is 1.67. The molecule has 0 radical (unpaired) electrons. The van der Waals surface area contributed by atoms with Gasteiger partial charge in [-0.15, -0.1) is 11.3 Å². The molecule has 0 bridgehead atoms. The van der Waals surface area contributed by atoms with E-state index in [0.717, 1.165) is 10.4 Å². The number of imide groups is 1. The van der Waals surface area contributed by atoms with E-state index in [1.165, 1.54) is 16.2 Å². The number of likely N-dealkylation sites (tertiary alicyclic amines) is 1. The molecule has 1 aromatic rings. The minimum atomic E-state index is -0.640. The van der Waals surface area contributed by atoms with Crippen LogP contribution >= 0.6 is 11.3 Å². The second-order valence-electron chi connectivity index (χ2n) is 5.51. The minimum absolute atomic E-state index is 0.169. The van der Waals surface area contributed by atoms with Gasteiger partial charge in [0.25, 0.3) is 5.91 Å². The van der Waals surface area contributed by atoms with E-state index in [1.807, 2.05) is 6.92 Å². The Bertz CT molecular complexity index is 592. The summed E-state index contributed by atoms with van der Waals surface area (Å²) in [5.41, 5.74) is 2.23. The fourth-order valence-corrected chi connectivity index (χ4v) is 3.16. The lowest BCUT2D eigenvalue weighted by Crippen LogP contribution is -2.32. The zero-order valence-corrected chi connectivity index (χ0v) is 12.5. The van der Waals surface area contributed by atoms with Crippen LogP contribution in [0, 0.1) is 12.3 Å². The summed E-state index contributed by atoms with van der Waals surface area (Å²) in [6.07, 6.45) is 0.227. The summed E-state index contributed by atoms with van der Waals surface area (Å²) in [5, 5.41) is 0. The van der Waals surface area contributed by atoms with Gasteiger partial charge in [0.15, 0.2) is 0 Å². The van der Waals surface area contributed by atoms with E-state index in [2.05, 4.69) is 5.43 Å². The highest BCUT2D eigenvalue weighted by atomic mass is 32.1. The van der Waals surface area contributed by atoms with E-state index >= 15 is 0 Å². The maximum atomic E-state index is 12.2. The monoisotopic (exact) mass is 295 g/mol. The van der Waals surface area contributed by atoms with Crippen molar-refractivity contribution >= 4 is 29.1 Å². The number of carbonyl (C=O) groups is 3. The van der Waals surface area contributed by atoms with Gasteiger partial charge in [-0.3, -0.25) is 24.7 Å². The van der Waals surface area contributed by atoms with Gasteiger partial charge in [0, 0.05) is 11.3 Å². The Hall–Kier alpha value is -1.73. The first-order valence-electron chi connectivity index (χ1n) is 6.21. The van der Waals surface area contributed by atoms with Gasteiger partial charge >= 0.3 is 0 Å². The molecule has 1 aromatic heterocycles. The van der Waals surface area contributed by atoms with Crippen LogP contribution in [0.2, 0.25) is 0 Å². The lowest BCUT2D eigenvalue weighted by Gasteiger charge is -2.17. The molecule has 0 saturated carbocycles. The lowest BCUT2D eigenvalue weighted by atomic mass is 9.92. The van der Waals surface area contributed by atoms with Crippen molar-refractivity contribution in [2.45, 2.75) is 33.7 Å². The number of rotatable bonds is 3. The Morgan fingerprint density at radius 3 is 2.65 bits per heavy atom. The summed E-state index contributed by atoms with van der Waals surface area (Å²) in [5.74, 6) is 4.38. The molecule has 3 amide bonds. The van der Waals surface area contributed by atoms with Crippen LogP contribution in [-0.4, -0.2) is 22.6 Å². The van der Waals surface area contributed by atoms with E-state index in [4.69, 9.17) is 5.84 Å². The summed E-state index contributed by atoms with van der Waals surface area (Å²) < 4.78 is 0. The van der Waals surface area contributed by atoms with Crippen LogP contribution in [0.5, 0.6) is 0 Å². The van der Waals surface area contributed by atoms with Gasteiger partial charge in [-0.2, -0.15) is 0 Å². The molecule has 1 fully saturated rings. The van der Waals surface area contributed by atoms with Crippen LogP contribution in [0.1, 0.15) is 40.4 Å². The number of amides is 3. The van der Waals surface area contributed by atoms with E-state index in [0.29, 0.717) is 4.88 Å². The summed E-state index contributed by atoms with van der Waals surface area (Å²) in [4.78, 5) is 38.2. The van der Waals surface area contributed by atoms with Crippen molar-refractivity contribution in [3.8, 4) is 0 Å². The number of hydrogen-bond donors (Lipinski definition) is 2. The van der Waals surface area contributed by atoms with Gasteiger partial charge in [-0.05, 0) is 18.6 Å². The standard InChI is InChI=1S/C13H17N3O3S/c1-7-8(4-9(20-7)11(18)15-14)6-16-10(17)5-13(2,3)12(16)19/h4H,5-6,14H2,1-3H3,(H,15,18). The number of nitrogen functional groups attached to an aromatic ring is 1. The molecular weight excluding hydrogens is 278 g/mol. The van der Waals surface area contributed by atoms with Crippen LogP contribution in [-0.2, 0) is 16.1 Å². The highest BCUT2D eigenvalue weighted by molar-refractivity contribution is 7.14. The first kappa shape index (κ1) is 14.7. The van der Waals surface area contributed by atoms with Crippen molar-refractivity contribution in [2.75, 3.05) is 0 Å². The van der Waals surface area contributed by atoms with Crippen LogP contribution < -0.4 is 11.3 Å². The Balaban J connectivity index is 2.23. The summed E-state index contributed by atoms with van der Waals surface area (Å²) >= 11 is 1.29. The summed E-state index contributed by atoms with van der Waals surface area (Å²) in [6.45, 7) is 5.59. The molecule has 0 spiro atoms. The molecule has 1 aliphatic heterocycles. The molecule has 1 aliphatic rings. The maximum Gasteiger partial charge on any atom is 0.275 e. The highest BCUT2D eigenvalue weighted by Crippen LogP contribution is 2.33. The number of carbonyl (C=O) groups excluding carboxylic acids is 3. The van der Waals surface area contributed by atoms with Crippen molar-refractivity contribution < 1.29 is 14.4 Å². The quantitative estimate of drug-likeness (QED) is 0.376. The molecule has 2 rings (SSSR count). The zero-order chi connectivity index (χ0) is 15.1. The predicted octanol–water partition coefficient (Wildman–Crippen LogP) is 0.945. The molecule has 20 heavy (non-hydrogen) atoms. The Morgan fingerprint density at radius 2 is 2.15 bits per heavy atom. The van der Waals surface area contributed by atoms with Gasteiger partial charge in [0.2, 0.25) is 11.8 Å². The molecule has 7 heteroatoms. The third kappa shape index (κ3) is 2.46. The average molecular weight is 295 g/mol. The van der Waals surface area contributed by atoms with E-state index in [-0.39, 0.29) is 30.7 Å². The van der Waals surface area contributed by atoms with Crippen molar-refractivity contribution in [3.63, 3.8) is 0 Å². The van der Waals surface area contributed by atoms with Gasteiger partial charge in [0.05, 0.1) is 16.8 Å². The Labute approximate surface area is 120 Å². The molecule has 1 saturated heterocycles. The summed E-state index contributed by atoms with van der Waals surface area (Å²) in [7, 11) is 0. The molecular formula is C13H17N3O3S. The van der Waals surface area contributed by atoms with Crippen molar-refractivity contribution in [2.24, 2.45) is 11.3 Å². The fourth-order valence-electron chi connectivity index (χ4n) is 2.22. The number of nitrogens with zero attached hydrogens (tertiary/aromatic N) is 1. The molecule has 108 valence electrons. The molecule has 0 aliphatic carbocycles. The number of nitrogens with one attached hydrogen (secondary N) is 1. The Morgan fingerprint density at radius 1 is 1.50 bits per heavy atom. The number of nitrogens with two attached hydrogens (primary N) is 1. The smallest absolute Gasteiger partial charge is 0.275 e. The van der Waals surface area contributed by atoms with Crippen LogP contribution in [0.15, 0.2) is 6.07 Å². The molecule has 0 atom stereocenters. The second kappa shape index (κ2) is 4.99. The topological polar surface area (TPSA) is 92.5 Å². The van der Waals surface area contributed by atoms with Gasteiger partial charge in [-0.25, -0.2) is 5.84 Å². The number of hydrogen-bond acceptors (Lipinski definition) is 5.